The third-order valence-corrected chi connectivity index (χ3v) is 20.9. The molecular weight excluding hydrogens is 718 g/mol. The minimum absolute atomic E-state index is 0.0313. The summed E-state index contributed by atoms with van der Waals surface area (Å²) in [5.74, 6) is 3.12. The van der Waals surface area contributed by atoms with Gasteiger partial charge < -0.3 is 40.0 Å². The largest absolute Gasteiger partial charge is 0.478 e. The molecule has 0 heterocycles. The van der Waals surface area contributed by atoms with Gasteiger partial charge in [-0.3, -0.25) is 0 Å². The molecule has 12 atom stereocenters. The van der Waals surface area contributed by atoms with Crippen LogP contribution in [0.15, 0.2) is 0 Å². The molecule has 53 heavy (non-hydrogen) atoms. The quantitative estimate of drug-likeness (QED) is 0.126. The molecular formula is C40H76O11P2. The Bertz CT molecular complexity index is 1230. The molecule has 13 heteroatoms. The van der Waals surface area contributed by atoms with Crippen molar-refractivity contribution in [2.24, 2.45) is 67.0 Å². The predicted octanol–water partition coefficient (Wildman–Crippen LogP) is 7.96. The molecule has 0 spiro atoms. The van der Waals surface area contributed by atoms with E-state index in [-0.39, 0.29) is 46.1 Å². The lowest BCUT2D eigenvalue weighted by Crippen LogP contribution is -2.35. The van der Waals surface area contributed by atoms with Crippen molar-refractivity contribution in [2.75, 3.05) is 0 Å². The molecule has 8 fully saturated rings. The van der Waals surface area contributed by atoms with E-state index < -0.39 is 15.6 Å². The van der Waals surface area contributed by atoms with E-state index in [9.17, 15) is 29.6 Å². The molecule has 0 aromatic rings. The Labute approximate surface area is 320 Å². The number of aliphatic hydroxyl groups excluding tert-OH is 4. The zero-order chi connectivity index (χ0) is 40.8. The Hall–Kier alpha value is 0.100. The summed E-state index contributed by atoms with van der Waals surface area (Å²) in [6.45, 7) is 27.6. The van der Waals surface area contributed by atoms with Crippen LogP contribution in [0, 0.1) is 67.0 Å². The van der Waals surface area contributed by atoms with Crippen LogP contribution in [0.4, 0.5) is 0 Å². The van der Waals surface area contributed by atoms with Gasteiger partial charge in [-0.05, 0) is 144 Å². The number of aliphatic hydroxyl groups is 4. The molecule has 0 amide bonds. The summed E-state index contributed by atoms with van der Waals surface area (Å²) in [4.78, 5) is 31.0. The Balaban J connectivity index is 0.000000148. The highest BCUT2D eigenvalue weighted by Crippen LogP contribution is 2.68. The molecule has 12 unspecified atom stereocenters. The van der Waals surface area contributed by atoms with E-state index in [1.807, 2.05) is 0 Å². The lowest BCUT2D eigenvalue weighted by atomic mass is 9.70. The standard InChI is InChI=1S/4C10H18O.H4O7P2/c4*1-9(2)7-4-5-10(9,3)8(11)6-7;1-8(2,3)7-9(4,5)6/h4*7-8,11H,4-6H2,1-3H3;(H2,1,2,3)(H2,4,5,6). The summed E-state index contributed by atoms with van der Waals surface area (Å²) in [6.07, 6.45) is 14.3. The van der Waals surface area contributed by atoms with Crippen molar-refractivity contribution < 1.29 is 53.4 Å². The molecule has 0 aromatic carbocycles. The first-order valence-electron chi connectivity index (χ1n) is 20.2. The Kier molecular flexibility index (Phi) is 12.5. The number of hydrogen-bond acceptors (Lipinski definition) is 7. The maximum atomic E-state index is 9.81. The monoisotopic (exact) mass is 794 g/mol. The molecule has 8 aliphatic rings. The number of phosphoric acid groups is 2. The summed E-state index contributed by atoms with van der Waals surface area (Å²) in [5, 5.41) is 39.3. The van der Waals surface area contributed by atoms with Gasteiger partial charge in [-0.1, -0.05) is 83.1 Å². The van der Waals surface area contributed by atoms with Crippen LogP contribution in [0.5, 0.6) is 0 Å². The van der Waals surface area contributed by atoms with Crippen LogP contribution >= 0.6 is 15.6 Å². The topological polar surface area (TPSA) is 205 Å². The summed E-state index contributed by atoms with van der Waals surface area (Å²) >= 11 is 0. The van der Waals surface area contributed by atoms with Gasteiger partial charge in [-0.15, -0.1) is 0 Å². The second kappa shape index (κ2) is 14.4. The fraction of sp³-hybridized carbons (Fsp3) is 1.00. The Morgan fingerprint density at radius 3 is 0.604 bits per heavy atom. The molecule has 0 saturated heterocycles. The number of rotatable bonds is 2. The second-order valence-electron chi connectivity index (χ2n) is 21.6. The van der Waals surface area contributed by atoms with Gasteiger partial charge in [0.25, 0.3) is 0 Å². The predicted molar refractivity (Wildman–Crippen MR) is 206 cm³/mol. The van der Waals surface area contributed by atoms with E-state index in [1.54, 1.807) is 0 Å². The van der Waals surface area contributed by atoms with Gasteiger partial charge in [-0.2, -0.15) is 4.31 Å². The van der Waals surface area contributed by atoms with Gasteiger partial charge in [-0.25, -0.2) is 9.13 Å². The summed E-state index contributed by atoms with van der Waals surface area (Å²) in [7, 11) is -10.1. The molecule has 0 radical (unpaired) electrons. The molecule has 8 aliphatic carbocycles. The second-order valence-corrected chi connectivity index (χ2v) is 24.2. The lowest BCUT2D eigenvalue weighted by molar-refractivity contribution is 0.0125. The maximum absolute atomic E-state index is 9.81. The fourth-order valence-electron chi connectivity index (χ4n) is 12.8. The number of hydrogen-bond donors (Lipinski definition) is 8. The van der Waals surface area contributed by atoms with Crippen molar-refractivity contribution in [3.63, 3.8) is 0 Å². The van der Waals surface area contributed by atoms with Gasteiger partial charge in [0.15, 0.2) is 0 Å². The van der Waals surface area contributed by atoms with Crippen molar-refractivity contribution in [3.05, 3.63) is 0 Å². The van der Waals surface area contributed by atoms with E-state index in [0.717, 1.165) is 49.4 Å². The van der Waals surface area contributed by atoms with E-state index in [2.05, 4.69) is 87.4 Å². The van der Waals surface area contributed by atoms with Gasteiger partial charge in [0, 0.05) is 0 Å². The van der Waals surface area contributed by atoms with Gasteiger partial charge >= 0.3 is 15.6 Å². The van der Waals surface area contributed by atoms with Crippen LogP contribution in [0.25, 0.3) is 0 Å². The van der Waals surface area contributed by atoms with Crippen LogP contribution in [0.2, 0.25) is 0 Å². The Morgan fingerprint density at radius 1 is 0.396 bits per heavy atom. The van der Waals surface area contributed by atoms with Crippen molar-refractivity contribution in [2.45, 2.75) is 185 Å². The summed E-state index contributed by atoms with van der Waals surface area (Å²) < 4.78 is 22.2. The van der Waals surface area contributed by atoms with Crippen LogP contribution < -0.4 is 0 Å². The lowest BCUT2D eigenvalue weighted by Gasteiger charge is -2.36. The van der Waals surface area contributed by atoms with E-state index in [0.29, 0.717) is 21.7 Å². The highest BCUT2D eigenvalue weighted by Gasteiger charge is 2.63. The van der Waals surface area contributed by atoms with Crippen LogP contribution in [0.1, 0.15) is 160 Å². The van der Waals surface area contributed by atoms with Crippen LogP contribution in [0.3, 0.4) is 0 Å². The highest BCUT2D eigenvalue weighted by molar-refractivity contribution is 7.60. The molecule has 0 aromatic heterocycles. The smallest absolute Gasteiger partial charge is 0.393 e. The summed E-state index contributed by atoms with van der Waals surface area (Å²) in [5.41, 5.74) is 2.41. The van der Waals surface area contributed by atoms with Gasteiger partial charge in [0.2, 0.25) is 0 Å². The normalized spacial score (nSPS) is 46.7. The van der Waals surface area contributed by atoms with E-state index in [4.69, 9.17) is 19.6 Å². The minimum Gasteiger partial charge on any atom is -0.393 e. The molecule has 8 bridgehead atoms. The average Bonchev–Trinajstić information content (AvgIpc) is 3.72. The zero-order valence-electron chi connectivity index (χ0n) is 34.8. The number of fused-ring (bicyclic) bond motifs is 8. The Morgan fingerprint density at radius 2 is 0.566 bits per heavy atom. The average molecular weight is 795 g/mol. The third kappa shape index (κ3) is 7.73. The zero-order valence-corrected chi connectivity index (χ0v) is 36.6. The van der Waals surface area contributed by atoms with E-state index in [1.165, 1.54) is 51.4 Å². The van der Waals surface area contributed by atoms with Crippen LogP contribution in [-0.4, -0.2) is 64.4 Å². The van der Waals surface area contributed by atoms with Crippen molar-refractivity contribution >= 4 is 15.6 Å². The molecule has 11 nitrogen and oxygen atoms in total. The highest BCUT2D eigenvalue weighted by atomic mass is 31.3. The van der Waals surface area contributed by atoms with Crippen molar-refractivity contribution in [1.82, 2.24) is 0 Å². The van der Waals surface area contributed by atoms with Gasteiger partial charge in [0.1, 0.15) is 0 Å². The first kappa shape index (κ1) is 45.8. The first-order valence-corrected chi connectivity index (χ1v) is 23.2. The van der Waals surface area contributed by atoms with E-state index >= 15 is 0 Å². The molecule has 8 N–H and O–H groups in total. The molecule has 0 aliphatic heterocycles. The fourth-order valence-corrected chi connectivity index (χ4v) is 13.9. The minimum atomic E-state index is -5.05. The molecule has 8 rings (SSSR count). The maximum Gasteiger partial charge on any atom is 0.478 e. The summed E-state index contributed by atoms with van der Waals surface area (Å²) in [6, 6.07) is 0. The van der Waals surface area contributed by atoms with Crippen molar-refractivity contribution in [1.29, 1.82) is 0 Å². The molecule has 8 saturated carbocycles. The van der Waals surface area contributed by atoms with Gasteiger partial charge in [0.05, 0.1) is 24.4 Å². The van der Waals surface area contributed by atoms with Crippen molar-refractivity contribution in [3.8, 4) is 0 Å². The first-order chi connectivity index (χ1) is 23.6. The molecule has 312 valence electrons. The van der Waals surface area contributed by atoms with Crippen LogP contribution in [-0.2, 0) is 13.4 Å². The third-order valence-electron chi connectivity index (χ3n) is 19.2. The SMILES string of the molecule is CC1(C)C2CCC1(C)C(O)C2.CC1(C)C2CCC1(C)C(O)C2.CC1(C)C2CCC1(C)C(O)C2.CC1(C)C2CCC1(C)C(O)C2.O=P(O)(O)OP(=O)(O)O.